The average molecular weight is 382 g/mol. The SMILES string of the molecule is O=S(=O)(Nc1nnc(COc2ccc(Cl)cc2)s1)c1ccccc1. The summed E-state index contributed by atoms with van der Waals surface area (Å²) in [5, 5.41) is 9.11. The topological polar surface area (TPSA) is 81.2 Å². The van der Waals surface area contributed by atoms with E-state index in [0.717, 1.165) is 11.3 Å². The third kappa shape index (κ3) is 4.22. The highest BCUT2D eigenvalue weighted by Crippen LogP contribution is 2.22. The Labute approximate surface area is 148 Å². The van der Waals surface area contributed by atoms with Crippen LogP contribution in [-0.2, 0) is 16.6 Å². The molecule has 0 saturated heterocycles. The molecule has 6 nitrogen and oxygen atoms in total. The summed E-state index contributed by atoms with van der Waals surface area (Å²) < 4.78 is 32.4. The predicted molar refractivity (Wildman–Crippen MR) is 92.9 cm³/mol. The minimum atomic E-state index is -3.67. The molecule has 1 aromatic heterocycles. The first-order valence-corrected chi connectivity index (χ1v) is 9.49. The van der Waals surface area contributed by atoms with Crippen LogP contribution in [0.15, 0.2) is 59.5 Å². The number of benzene rings is 2. The van der Waals surface area contributed by atoms with Gasteiger partial charge in [0.05, 0.1) is 4.90 Å². The highest BCUT2D eigenvalue weighted by molar-refractivity contribution is 7.93. The lowest BCUT2D eigenvalue weighted by molar-refractivity contribution is 0.304. The van der Waals surface area contributed by atoms with Crippen LogP contribution in [0.25, 0.3) is 0 Å². The standard InChI is InChI=1S/C15H12ClN3O3S2/c16-11-6-8-12(9-7-11)22-10-14-17-18-15(23-14)19-24(20,21)13-4-2-1-3-5-13/h1-9H,10H2,(H,18,19). The number of halogens is 1. The Morgan fingerprint density at radius 1 is 1.04 bits per heavy atom. The van der Waals surface area contributed by atoms with E-state index in [2.05, 4.69) is 14.9 Å². The Morgan fingerprint density at radius 3 is 2.46 bits per heavy atom. The number of hydrogen-bond donors (Lipinski definition) is 1. The lowest BCUT2D eigenvalue weighted by Gasteiger charge is -2.04. The van der Waals surface area contributed by atoms with Crippen LogP contribution in [0.2, 0.25) is 5.02 Å². The van der Waals surface area contributed by atoms with Gasteiger partial charge in [0, 0.05) is 5.02 Å². The van der Waals surface area contributed by atoms with Gasteiger partial charge in [0.1, 0.15) is 12.4 Å². The number of ether oxygens (including phenoxy) is 1. The highest BCUT2D eigenvalue weighted by atomic mass is 35.5. The molecule has 3 aromatic rings. The van der Waals surface area contributed by atoms with Crippen LogP contribution >= 0.6 is 22.9 Å². The molecule has 0 saturated carbocycles. The first kappa shape index (κ1) is 16.7. The van der Waals surface area contributed by atoms with Gasteiger partial charge in [0.25, 0.3) is 10.0 Å². The van der Waals surface area contributed by atoms with Crippen molar-refractivity contribution >= 4 is 38.1 Å². The summed E-state index contributed by atoms with van der Waals surface area (Å²) >= 11 is 6.92. The van der Waals surface area contributed by atoms with Gasteiger partial charge in [-0.15, -0.1) is 10.2 Å². The predicted octanol–water partition coefficient (Wildman–Crippen LogP) is 3.57. The summed E-state index contributed by atoms with van der Waals surface area (Å²) in [5.41, 5.74) is 0. The molecule has 0 fully saturated rings. The van der Waals surface area contributed by atoms with Gasteiger partial charge in [-0.1, -0.05) is 41.1 Å². The Kier molecular flexibility index (Phi) is 4.98. The fourth-order valence-electron chi connectivity index (χ4n) is 1.80. The van der Waals surface area contributed by atoms with Crippen LogP contribution < -0.4 is 9.46 Å². The molecule has 0 aliphatic rings. The number of hydrogen-bond acceptors (Lipinski definition) is 6. The summed E-state index contributed by atoms with van der Waals surface area (Å²) in [6.07, 6.45) is 0. The van der Waals surface area contributed by atoms with Gasteiger partial charge in [-0.25, -0.2) is 8.42 Å². The molecule has 0 radical (unpaired) electrons. The molecule has 9 heteroatoms. The van der Waals surface area contributed by atoms with Crippen LogP contribution in [-0.4, -0.2) is 18.6 Å². The summed E-state index contributed by atoms with van der Waals surface area (Å²) in [7, 11) is -3.67. The minimum Gasteiger partial charge on any atom is -0.486 e. The van der Waals surface area contributed by atoms with Gasteiger partial charge in [0.2, 0.25) is 5.13 Å². The molecule has 0 aliphatic carbocycles. The second-order valence-electron chi connectivity index (χ2n) is 4.66. The minimum absolute atomic E-state index is 0.166. The molecule has 2 aromatic carbocycles. The molecule has 0 bridgehead atoms. The molecule has 1 N–H and O–H groups in total. The zero-order chi connectivity index (χ0) is 17.0. The van der Waals surface area contributed by atoms with E-state index in [9.17, 15) is 8.42 Å². The van der Waals surface area contributed by atoms with Gasteiger partial charge in [-0.05, 0) is 36.4 Å². The largest absolute Gasteiger partial charge is 0.486 e. The van der Waals surface area contributed by atoms with E-state index in [1.165, 1.54) is 12.1 Å². The second kappa shape index (κ2) is 7.16. The normalized spacial score (nSPS) is 11.2. The fourth-order valence-corrected chi connectivity index (χ4v) is 3.83. The highest BCUT2D eigenvalue weighted by Gasteiger charge is 2.16. The molecule has 24 heavy (non-hydrogen) atoms. The Balaban J connectivity index is 1.64. The maximum absolute atomic E-state index is 12.2. The van der Waals surface area contributed by atoms with Crippen LogP contribution in [0, 0.1) is 0 Å². The van der Waals surface area contributed by atoms with E-state index in [0.29, 0.717) is 15.8 Å². The number of rotatable bonds is 6. The van der Waals surface area contributed by atoms with Crippen molar-refractivity contribution in [1.82, 2.24) is 10.2 Å². The number of aromatic nitrogens is 2. The van der Waals surface area contributed by atoms with Gasteiger partial charge in [0.15, 0.2) is 5.01 Å². The van der Waals surface area contributed by atoms with Gasteiger partial charge >= 0.3 is 0 Å². The van der Waals surface area contributed by atoms with E-state index < -0.39 is 10.0 Å². The van der Waals surface area contributed by atoms with Crippen LogP contribution in [0.4, 0.5) is 5.13 Å². The monoisotopic (exact) mass is 381 g/mol. The zero-order valence-corrected chi connectivity index (χ0v) is 14.6. The van der Waals surface area contributed by atoms with Gasteiger partial charge < -0.3 is 4.74 Å². The van der Waals surface area contributed by atoms with Crippen molar-refractivity contribution in [1.29, 1.82) is 0 Å². The molecular formula is C15H12ClN3O3S2. The van der Waals surface area contributed by atoms with Crippen molar-refractivity contribution in [3.63, 3.8) is 0 Å². The maximum Gasteiger partial charge on any atom is 0.263 e. The van der Waals surface area contributed by atoms with Crippen molar-refractivity contribution in [2.45, 2.75) is 11.5 Å². The van der Waals surface area contributed by atoms with Crippen LogP contribution in [0.5, 0.6) is 5.75 Å². The molecule has 0 atom stereocenters. The number of sulfonamides is 1. The fraction of sp³-hybridized carbons (Fsp3) is 0.0667. The number of nitrogens with zero attached hydrogens (tertiary/aromatic N) is 2. The summed E-state index contributed by atoms with van der Waals surface area (Å²) in [4.78, 5) is 0.166. The van der Waals surface area contributed by atoms with Crippen molar-refractivity contribution in [2.75, 3.05) is 4.72 Å². The van der Waals surface area contributed by atoms with E-state index in [4.69, 9.17) is 16.3 Å². The maximum atomic E-state index is 12.2. The van der Waals surface area contributed by atoms with Crippen LogP contribution in [0.1, 0.15) is 5.01 Å². The van der Waals surface area contributed by atoms with Crippen molar-refractivity contribution in [3.8, 4) is 5.75 Å². The molecule has 0 unspecified atom stereocenters. The van der Waals surface area contributed by atoms with Gasteiger partial charge in [-0.3, -0.25) is 4.72 Å². The van der Waals surface area contributed by atoms with Crippen molar-refractivity contribution in [3.05, 3.63) is 64.6 Å². The first-order valence-electron chi connectivity index (χ1n) is 6.81. The Morgan fingerprint density at radius 2 is 1.75 bits per heavy atom. The van der Waals surface area contributed by atoms with Crippen LogP contribution in [0.3, 0.4) is 0 Å². The summed E-state index contributed by atoms with van der Waals surface area (Å²) in [6.45, 7) is 0.187. The van der Waals surface area contributed by atoms with E-state index in [-0.39, 0.29) is 16.6 Å². The zero-order valence-electron chi connectivity index (χ0n) is 12.2. The smallest absolute Gasteiger partial charge is 0.263 e. The van der Waals surface area contributed by atoms with E-state index >= 15 is 0 Å². The molecule has 0 amide bonds. The summed E-state index contributed by atoms with van der Waals surface area (Å²) in [6, 6.07) is 15.0. The van der Waals surface area contributed by atoms with Crippen molar-refractivity contribution in [2.24, 2.45) is 0 Å². The quantitative estimate of drug-likeness (QED) is 0.705. The third-order valence-electron chi connectivity index (χ3n) is 2.92. The third-order valence-corrected chi connectivity index (χ3v) is 5.47. The Hall–Kier alpha value is -2.16. The molecule has 1 heterocycles. The summed E-state index contributed by atoms with van der Waals surface area (Å²) in [5.74, 6) is 0.640. The molecule has 3 rings (SSSR count). The number of anilines is 1. The lowest BCUT2D eigenvalue weighted by Crippen LogP contribution is -2.12. The second-order valence-corrected chi connectivity index (χ2v) is 7.84. The molecule has 0 aliphatic heterocycles. The molecular weight excluding hydrogens is 370 g/mol. The molecule has 124 valence electrons. The lowest BCUT2D eigenvalue weighted by atomic mass is 10.3. The molecule has 0 spiro atoms. The average Bonchev–Trinajstić information content (AvgIpc) is 3.02. The first-order chi connectivity index (χ1) is 11.5. The van der Waals surface area contributed by atoms with Gasteiger partial charge in [-0.2, -0.15) is 0 Å². The van der Waals surface area contributed by atoms with Crippen molar-refractivity contribution < 1.29 is 13.2 Å². The number of nitrogens with one attached hydrogen (secondary N) is 1. The van der Waals surface area contributed by atoms with E-state index in [1.807, 2.05) is 0 Å². The Bertz CT molecular complexity index is 913. The van der Waals surface area contributed by atoms with E-state index in [1.54, 1.807) is 42.5 Å².